The molecule has 0 aliphatic heterocycles. The van der Waals surface area contributed by atoms with Crippen LogP contribution < -0.4 is 0 Å². The molecule has 0 atom stereocenters. The third kappa shape index (κ3) is 5.48. The predicted molar refractivity (Wildman–Crippen MR) is 70.9 cm³/mol. The smallest absolute Gasteiger partial charge is 0.0541 e. The first-order valence-corrected chi connectivity index (χ1v) is 6.73. The van der Waals surface area contributed by atoms with Gasteiger partial charge in [-0.3, -0.25) is 0 Å². The van der Waals surface area contributed by atoms with Crippen molar-refractivity contribution in [2.75, 3.05) is 5.75 Å². The fourth-order valence-corrected chi connectivity index (χ4v) is 2.54. The summed E-state index contributed by atoms with van der Waals surface area (Å²) in [5.74, 6) is 1.15. The molecule has 0 nitrogen and oxygen atoms in total. The average Bonchev–Trinajstić information content (AvgIpc) is 2.13. The van der Waals surface area contributed by atoms with Crippen LogP contribution in [-0.2, 0) is 0 Å². The van der Waals surface area contributed by atoms with E-state index in [1.165, 1.54) is 17.7 Å². The van der Waals surface area contributed by atoms with Crippen LogP contribution in [0.3, 0.4) is 0 Å². The van der Waals surface area contributed by atoms with E-state index in [1.54, 1.807) is 0 Å². The maximum absolute atomic E-state index is 6.07. The Labute approximate surface area is 102 Å². The van der Waals surface area contributed by atoms with Crippen LogP contribution in [-0.4, -0.2) is 5.75 Å². The van der Waals surface area contributed by atoms with E-state index < -0.39 is 0 Å². The summed E-state index contributed by atoms with van der Waals surface area (Å²) >= 11 is 7.93. The molecular weight excluding hydrogens is 224 g/mol. The molecule has 0 saturated carbocycles. The molecule has 0 aliphatic carbocycles. The molecule has 0 aliphatic rings. The van der Waals surface area contributed by atoms with Crippen molar-refractivity contribution < 1.29 is 0 Å². The first-order chi connectivity index (χ1) is 6.99. The Balaban J connectivity index is 2.30. The number of hydrogen-bond donors (Lipinski definition) is 0. The lowest BCUT2D eigenvalue weighted by Gasteiger charge is -2.17. The third-order valence-electron chi connectivity index (χ3n) is 2.17. The van der Waals surface area contributed by atoms with Gasteiger partial charge in [0, 0.05) is 4.90 Å². The van der Waals surface area contributed by atoms with Gasteiger partial charge in [-0.1, -0.05) is 44.5 Å². The summed E-state index contributed by atoms with van der Waals surface area (Å²) in [5.41, 5.74) is 0.445. The highest BCUT2D eigenvalue weighted by atomic mass is 35.5. The van der Waals surface area contributed by atoms with Gasteiger partial charge < -0.3 is 0 Å². The standard InChI is InChI=1S/C13H19ClS/c1-13(2,3)9-6-10-15-12-8-5-4-7-11(12)14/h4-5,7-8H,6,9-10H2,1-3H3. The summed E-state index contributed by atoms with van der Waals surface area (Å²) in [7, 11) is 0. The van der Waals surface area contributed by atoms with Gasteiger partial charge in [-0.2, -0.15) is 0 Å². The molecule has 0 aromatic heterocycles. The molecule has 1 aromatic rings. The monoisotopic (exact) mass is 242 g/mol. The molecule has 0 amide bonds. The van der Waals surface area contributed by atoms with Crippen LogP contribution in [0.2, 0.25) is 5.02 Å². The van der Waals surface area contributed by atoms with E-state index in [0.717, 1.165) is 10.8 Å². The minimum atomic E-state index is 0.445. The van der Waals surface area contributed by atoms with E-state index in [2.05, 4.69) is 26.8 Å². The normalized spacial score (nSPS) is 11.7. The molecule has 0 radical (unpaired) electrons. The van der Waals surface area contributed by atoms with Gasteiger partial charge in [-0.15, -0.1) is 11.8 Å². The maximum atomic E-state index is 6.07. The van der Waals surface area contributed by atoms with Crippen molar-refractivity contribution in [3.05, 3.63) is 29.3 Å². The van der Waals surface area contributed by atoms with Gasteiger partial charge in [0.1, 0.15) is 0 Å². The van der Waals surface area contributed by atoms with E-state index in [4.69, 9.17) is 11.6 Å². The Kier molecular flexibility index (Phi) is 5.01. The number of thioether (sulfide) groups is 1. The molecular formula is C13H19ClS. The lowest BCUT2D eigenvalue weighted by Crippen LogP contribution is -2.04. The van der Waals surface area contributed by atoms with Crippen molar-refractivity contribution in [1.82, 2.24) is 0 Å². The molecule has 0 fully saturated rings. The fraction of sp³-hybridized carbons (Fsp3) is 0.538. The number of halogens is 1. The quantitative estimate of drug-likeness (QED) is 0.513. The van der Waals surface area contributed by atoms with Gasteiger partial charge >= 0.3 is 0 Å². The van der Waals surface area contributed by atoms with E-state index in [9.17, 15) is 0 Å². The zero-order chi connectivity index (χ0) is 11.3. The summed E-state index contributed by atoms with van der Waals surface area (Å²) in [4.78, 5) is 1.20. The van der Waals surface area contributed by atoms with E-state index in [-0.39, 0.29) is 0 Å². The first-order valence-electron chi connectivity index (χ1n) is 5.36. The summed E-state index contributed by atoms with van der Waals surface area (Å²) in [6, 6.07) is 8.05. The van der Waals surface area contributed by atoms with Crippen LogP contribution in [0.4, 0.5) is 0 Å². The largest absolute Gasteiger partial charge is 0.125 e. The topological polar surface area (TPSA) is 0 Å². The van der Waals surface area contributed by atoms with Gasteiger partial charge in [0.25, 0.3) is 0 Å². The van der Waals surface area contributed by atoms with E-state index in [0.29, 0.717) is 5.41 Å². The average molecular weight is 243 g/mol. The molecule has 1 rings (SSSR count). The zero-order valence-corrected chi connectivity index (χ0v) is 11.3. The van der Waals surface area contributed by atoms with Crippen LogP contribution in [0.5, 0.6) is 0 Å². The van der Waals surface area contributed by atoms with Gasteiger partial charge in [0.05, 0.1) is 5.02 Å². The number of rotatable bonds is 4. The summed E-state index contributed by atoms with van der Waals surface area (Å²) in [6.07, 6.45) is 2.52. The van der Waals surface area contributed by atoms with E-state index >= 15 is 0 Å². The van der Waals surface area contributed by atoms with Crippen molar-refractivity contribution in [2.24, 2.45) is 5.41 Å². The molecule has 0 spiro atoms. The number of benzene rings is 1. The summed E-state index contributed by atoms with van der Waals surface area (Å²) in [5, 5.41) is 0.873. The highest BCUT2D eigenvalue weighted by molar-refractivity contribution is 7.99. The molecule has 84 valence electrons. The van der Waals surface area contributed by atoms with Crippen LogP contribution in [0, 0.1) is 5.41 Å². The Bertz CT molecular complexity index is 302. The minimum absolute atomic E-state index is 0.445. The second-order valence-electron chi connectivity index (χ2n) is 4.94. The molecule has 2 heteroatoms. The molecule has 0 saturated heterocycles. The maximum Gasteiger partial charge on any atom is 0.0541 e. The lowest BCUT2D eigenvalue weighted by molar-refractivity contribution is 0.375. The van der Waals surface area contributed by atoms with Crippen LogP contribution >= 0.6 is 23.4 Å². The SMILES string of the molecule is CC(C)(C)CCCSc1ccccc1Cl. The summed E-state index contributed by atoms with van der Waals surface area (Å²) in [6.45, 7) is 6.85. The molecule has 0 bridgehead atoms. The van der Waals surface area contributed by atoms with Crippen molar-refractivity contribution in [3.63, 3.8) is 0 Å². The van der Waals surface area contributed by atoms with Crippen molar-refractivity contribution >= 4 is 23.4 Å². The van der Waals surface area contributed by atoms with Crippen molar-refractivity contribution in [3.8, 4) is 0 Å². The fourth-order valence-electron chi connectivity index (χ4n) is 1.35. The molecule has 0 heterocycles. The van der Waals surface area contributed by atoms with E-state index in [1.807, 2.05) is 30.0 Å². The zero-order valence-electron chi connectivity index (χ0n) is 9.72. The second kappa shape index (κ2) is 5.81. The first kappa shape index (κ1) is 12.9. The van der Waals surface area contributed by atoms with Crippen LogP contribution in [0.15, 0.2) is 29.2 Å². The highest BCUT2D eigenvalue weighted by Gasteiger charge is 2.09. The summed E-state index contributed by atoms with van der Waals surface area (Å²) < 4.78 is 0. The Morgan fingerprint density at radius 3 is 2.47 bits per heavy atom. The predicted octanol–water partition coefficient (Wildman–Crippen LogP) is 5.26. The lowest BCUT2D eigenvalue weighted by atomic mass is 9.91. The molecule has 1 aromatic carbocycles. The molecule has 15 heavy (non-hydrogen) atoms. The second-order valence-corrected chi connectivity index (χ2v) is 6.49. The minimum Gasteiger partial charge on any atom is -0.125 e. The van der Waals surface area contributed by atoms with Crippen molar-refractivity contribution in [1.29, 1.82) is 0 Å². The third-order valence-corrected chi connectivity index (χ3v) is 3.77. The molecule has 0 N–H and O–H groups in total. The Morgan fingerprint density at radius 2 is 1.87 bits per heavy atom. The van der Waals surface area contributed by atoms with Gasteiger partial charge in [0.2, 0.25) is 0 Å². The van der Waals surface area contributed by atoms with Crippen LogP contribution in [0.1, 0.15) is 33.6 Å². The highest BCUT2D eigenvalue weighted by Crippen LogP contribution is 2.29. The van der Waals surface area contributed by atoms with Gasteiger partial charge in [-0.05, 0) is 36.1 Å². The van der Waals surface area contributed by atoms with Gasteiger partial charge in [0.15, 0.2) is 0 Å². The van der Waals surface area contributed by atoms with Crippen LogP contribution in [0.25, 0.3) is 0 Å². The van der Waals surface area contributed by atoms with Gasteiger partial charge in [-0.25, -0.2) is 0 Å². The Hall–Kier alpha value is -0.140. The Morgan fingerprint density at radius 1 is 1.20 bits per heavy atom. The number of hydrogen-bond acceptors (Lipinski definition) is 1. The van der Waals surface area contributed by atoms with Crippen molar-refractivity contribution in [2.45, 2.75) is 38.5 Å². The molecule has 0 unspecified atom stereocenters.